The maximum Gasteiger partial charge on any atom is 0.278 e. The van der Waals surface area contributed by atoms with Gasteiger partial charge in [0.25, 0.3) is 5.56 Å². The SMILES string of the molecule is C=N/C(Cl)=C\C(=C/C)c1[nH]c(-c2ccc(O)cc2)cn2c(=O)c(Cc3ccco3)nc1-2. The maximum atomic E-state index is 13.1. The number of nitrogens with zero attached hydrogens (tertiary/aromatic N) is 3. The number of hydrogen-bond acceptors (Lipinski definition) is 5. The smallest absolute Gasteiger partial charge is 0.278 e. The number of phenolic OH excluding ortho intramolecular Hbond substituents is 1. The van der Waals surface area contributed by atoms with E-state index in [1.165, 1.54) is 4.57 Å². The van der Waals surface area contributed by atoms with Crippen LogP contribution in [0.5, 0.6) is 5.75 Å². The number of imidazole rings is 1. The second-order valence-corrected chi connectivity index (χ2v) is 7.16. The first-order chi connectivity index (χ1) is 15.0. The van der Waals surface area contributed by atoms with Crippen LogP contribution in [0.4, 0.5) is 0 Å². The number of phenols is 1. The quantitative estimate of drug-likeness (QED) is 0.260. The summed E-state index contributed by atoms with van der Waals surface area (Å²) in [5, 5.41) is 9.83. The molecule has 0 unspecified atom stereocenters. The van der Waals surface area contributed by atoms with Gasteiger partial charge in [-0.15, -0.1) is 0 Å². The van der Waals surface area contributed by atoms with Gasteiger partial charge in [0, 0.05) is 11.8 Å². The zero-order chi connectivity index (χ0) is 22.0. The molecule has 0 spiro atoms. The number of fused-ring (bicyclic) bond motifs is 1. The van der Waals surface area contributed by atoms with E-state index < -0.39 is 0 Å². The predicted octanol–water partition coefficient (Wildman–Crippen LogP) is 4.74. The lowest BCUT2D eigenvalue weighted by Gasteiger charge is -2.14. The van der Waals surface area contributed by atoms with E-state index in [1.54, 1.807) is 54.9 Å². The Balaban J connectivity index is 1.95. The van der Waals surface area contributed by atoms with Crippen molar-refractivity contribution in [1.82, 2.24) is 14.5 Å². The summed E-state index contributed by atoms with van der Waals surface area (Å²) >= 11 is 6.09. The lowest BCUT2D eigenvalue weighted by atomic mass is 10.1. The minimum Gasteiger partial charge on any atom is -0.508 e. The number of furan rings is 1. The number of aromatic hydroxyl groups is 1. The molecule has 2 aliphatic rings. The first-order valence-corrected chi connectivity index (χ1v) is 9.84. The number of aromatic amines is 1. The average Bonchev–Trinajstić information content (AvgIpc) is 3.40. The van der Waals surface area contributed by atoms with Gasteiger partial charge in [-0.3, -0.25) is 14.4 Å². The molecule has 0 fully saturated rings. The number of allylic oxidation sites excluding steroid dienone is 3. The summed E-state index contributed by atoms with van der Waals surface area (Å²) in [5.41, 5.74) is 2.86. The molecule has 0 amide bonds. The average molecular weight is 435 g/mol. The van der Waals surface area contributed by atoms with Crippen LogP contribution in [0.3, 0.4) is 0 Å². The molecule has 0 radical (unpaired) electrons. The molecule has 3 heterocycles. The van der Waals surface area contributed by atoms with Crippen LogP contribution in [-0.2, 0) is 6.42 Å². The molecule has 0 saturated heterocycles. The molecule has 31 heavy (non-hydrogen) atoms. The Kier molecular flexibility index (Phi) is 5.60. The van der Waals surface area contributed by atoms with E-state index in [1.807, 2.05) is 13.0 Å². The van der Waals surface area contributed by atoms with Gasteiger partial charge in [-0.25, -0.2) is 4.98 Å². The van der Waals surface area contributed by atoms with Crippen molar-refractivity contribution in [1.29, 1.82) is 0 Å². The number of aromatic nitrogens is 3. The van der Waals surface area contributed by atoms with Gasteiger partial charge in [-0.05, 0) is 61.7 Å². The Morgan fingerprint density at radius 2 is 2.13 bits per heavy atom. The summed E-state index contributed by atoms with van der Waals surface area (Å²) in [4.78, 5) is 24.8. The van der Waals surface area contributed by atoms with Gasteiger partial charge in [0.1, 0.15) is 22.4 Å². The fourth-order valence-electron chi connectivity index (χ4n) is 3.27. The molecule has 0 aliphatic carbocycles. The molecule has 7 nitrogen and oxygen atoms in total. The predicted molar refractivity (Wildman–Crippen MR) is 121 cm³/mol. The van der Waals surface area contributed by atoms with Crippen LogP contribution >= 0.6 is 11.6 Å². The summed E-state index contributed by atoms with van der Waals surface area (Å²) in [6.45, 7) is 5.29. The van der Waals surface area contributed by atoms with E-state index in [0.717, 1.165) is 5.56 Å². The van der Waals surface area contributed by atoms with Gasteiger partial charge in [0.15, 0.2) is 5.82 Å². The second-order valence-electron chi connectivity index (χ2n) is 6.77. The van der Waals surface area contributed by atoms with Gasteiger partial charge in [-0.1, -0.05) is 17.7 Å². The Labute approximate surface area is 183 Å². The van der Waals surface area contributed by atoms with E-state index in [0.29, 0.717) is 34.2 Å². The molecule has 1 aromatic heterocycles. The fourth-order valence-corrected chi connectivity index (χ4v) is 3.39. The van der Waals surface area contributed by atoms with E-state index >= 15 is 0 Å². The summed E-state index contributed by atoms with van der Waals surface area (Å²) in [6, 6.07) is 10.2. The largest absolute Gasteiger partial charge is 0.508 e. The van der Waals surface area contributed by atoms with E-state index in [2.05, 4.69) is 21.7 Å². The first kappa shape index (κ1) is 20.4. The molecule has 2 N–H and O–H groups in total. The van der Waals surface area contributed by atoms with E-state index in [-0.39, 0.29) is 22.9 Å². The number of H-pyrrole nitrogens is 1. The molecule has 0 saturated carbocycles. The van der Waals surface area contributed by atoms with Gasteiger partial charge in [0.2, 0.25) is 0 Å². The first-order valence-electron chi connectivity index (χ1n) is 9.46. The molecule has 2 aliphatic heterocycles. The number of halogens is 1. The Bertz CT molecular complexity index is 1310. The number of aliphatic imine (C=N–C) groups is 1. The van der Waals surface area contributed by atoms with Crippen LogP contribution in [0, 0.1) is 0 Å². The van der Waals surface area contributed by atoms with Gasteiger partial charge < -0.3 is 14.5 Å². The molecule has 156 valence electrons. The minimum absolute atomic E-state index is 0.152. The third-order valence-corrected chi connectivity index (χ3v) is 5.03. The van der Waals surface area contributed by atoms with Crippen molar-refractivity contribution in [3.8, 4) is 22.8 Å². The van der Waals surface area contributed by atoms with E-state index in [4.69, 9.17) is 16.0 Å². The zero-order valence-electron chi connectivity index (χ0n) is 16.7. The van der Waals surface area contributed by atoms with Crippen molar-refractivity contribution >= 4 is 23.9 Å². The van der Waals surface area contributed by atoms with E-state index in [9.17, 15) is 9.90 Å². The normalized spacial score (nSPS) is 12.5. The highest BCUT2D eigenvalue weighted by molar-refractivity contribution is 6.30. The molecular formula is C23H19ClN4O3. The minimum atomic E-state index is -0.242. The van der Waals surface area contributed by atoms with Crippen LogP contribution < -0.4 is 5.56 Å². The summed E-state index contributed by atoms with van der Waals surface area (Å²) in [7, 11) is 0. The van der Waals surface area contributed by atoms with Crippen molar-refractivity contribution in [2.45, 2.75) is 13.3 Å². The standard InChI is InChI=1S/C23H19ClN4O3/c1-3-14(11-20(24)25-2)21-22-27-18(12-17-5-4-10-31-17)23(30)28(22)13-19(26-21)15-6-8-16(29)9-7-15/h3-11,13,26,29H,2,12H2,1H3/b14-3+,20-11-. The van der Waals surface area contributed by atoms with Crippen molar-refractivity contribution in [2.75, 3.05) is 0 Å². The number of rotatable bonds is 6. The molecule has 8 heteroatoms. The third-order valence-electron chi connectivity index (χ3n) is 4.80. The highest BCUT2D eigenvalue weighted by Gasteiger charge is 2.22. The highest BCUT2D eigenvalue weighted by Crippen LogP contribution is 2.28. The topological polar surface area (TPSA) is 96.4 Å². The Hall–Kier alpha value is -3.84. The number of benzene rings is 1. The van der Waals surface area contributed by atoms with Crippen LogP contribution in [0.15, 0.2) is 80.4 Å². The lowest BCUT2D eigenvalue weighted by molar-refractivity contribution is 0.475. The van der Waals surface area contributed by atoms with Crippen molar-refractivity contribution in [3.05, 3.63) is 93.7 Å². The summed E-state index contributed by atoms with van der Waals surface area (Å²) in [5.74, 6) is 1.25. The molecule has 0 atom stereocenters. The zero-order valence-corrected chi connectivity index (χ0v) is 17.4. The van der Waals surface area contributed by atoms with Gasteiger partial charge >= 0.3 is 0 Å². The lowest BCUT2D eigenvalue weighted by Crippen LogP contribution is -2.17. The third kappa shape index (κ3) is 4.08. The van der Waals surface area contributed by atoms with Crippen LogP contribution in [0.1, 0.15) is 24.1 Å². The Morgan fingerprint density at radius 1 is 1.35 bits per heavy atom. The Morgan fingerprint density at radius 3 is 2.77 bits per heavy atom. The maximum absolute atomic E-state index is 13.1. The van der Waals surface area contributed by atoms with Crippen molar-refractivity contribution in [2.24, 2.45) is 4.99 Å². The van der Waals surface area contributed by atoms with Crippen molar-refractivity contribution < 1.29 is 9.52 Å². The molecule has 1 aromatic carbocycles. The van der Waals surface area contributed by atoms with Gasteiger partial charge in [0.05, 0.1) is 24.1 Å². The fraction of sp³-hybridized carbons (Fsp3) is 0.0870. The molecule has 4 rings (SSSR count). The summed E-state index contributed by atoms with van der Waals surface area (Å²) in [6.07, 6.45) is 7.01. The second kappa shape index (κ2) is 8.49. The number of nitrogens with one attached hydrogen (secondary N) is 1. The monoisotopic (exact) mass is 434 g/mol. The van der Waals surface area contributed by atoms with Crippen LogP contribution in [-0.4, -0.2) is 26.4 Å². The van der Waals surface area contributed by atoms with Crippen LogP contribution in [0.25, 0.3) is 22.6 Å². The highest BCUT2D eigenvalue weighted by atomic mass is 35.5. The number of hydrogen-bond donors (Lipinski definition) is 2. The molecule has 2 aromatic rings. The molecule has 0 bridgehead atoms. The molecular weight excluding hydrogens is 416 g/mol. The van der Waals surface area contributed by atoms with Crippen molar-refractivity contribution in [3.63, 3.8) is 0 Å². The van der Waals surface area contributed by atoms with Crippen LogP contribution in [0.2, 0.25) is 0 Å². The summed E-state index contributed by atoms with van der Waals surface area (Å²) < 4.78 is 6.88. The van der Waals surface area contributed by atoms with Gasteiger partial charge in [-0.2, -0.15) is 0 Å².